The topological polar surface area (TPSA) is 76.1 Å². The molecule has 1 fully saturated rings. The van der Waals surface area contributed by atoms with E-state index in [1.165, 1.54) is 0 Å². The molecule has 0 radical (unpaired) electrons. The highest BCUT2D eigenvalue weighted by Gasteiger charge is 2.17. The van der Waals surface area contributed by atoms with Gasteiger partial charge in [0.25, 0.3) is 5.91 Å². The molecule has 1 atom stereocenters. The lowest BCUT2D eigenvalue weighted by Crippen LogP contribution is -2.32. The zero-order valence-corrected chi connectivity index (χ0v) is 14.3. The zero-order chi connectivity index (χ0) is 16.9. The van der Waals surface area contributed by atoms with E-state index < -0.39 is 0 Å². The Morgan fingerprint density at radius 1 is 1.21 bits per heavy atom. The summed E-state index contributed by atoms with van der Waals surface area (Å²) < 4.78 is 5.46. The number of halogens is 2. The van der Waals surface area contributed by atoms with Gasteiger partial charge in [0.15, 0.2) is 11.5 Å². The summed E-state index contributed by atoms with van der Waals surface area (Å²) in [4.78, 5) is 12.0. The van der Waals surface area contributed by atoms with Crippen LogP contribution in [0.2, 0.25) is 10.0 Å². The highest BCUT2D eigenvalue weighted by Crippen LogP contribution is 2.24. The lowest BCUT2D eigenvalue weighted by molar-refractivity contribution is 0.0853. The molecule has 2 heterocycles. The van der Waals surface area contributed by atoms with E-state index in [-0.39, 0.29) is 17.7 Å². The standard InChI is InChI=1S/C16H16Cl2N4O2/c17-10-6-11(18)8-12(7-10)20-15-4-3-14(21-22-15)16(23)19-9-13-2-1-5-24-13/h3-4,6-8,13H,1-2,5,9H2,(H,19,23)(H,20,22). The van der Waals surface area contributed by atoms with Gasteiger partial charge in [-0.15, -0.1) is 10.2 Å². The summed E-state index contributed by atoms with van der Waals surface area (Å²) in [7, 11) is 0. The molecule has 0 aliphatic carbocycles. The van der Waals surface area contributed by atoms with E-state index in [1.54, 1.807) is 30.3 Å². The maximum Gasteiger partial charge on any atom is 0.271 e. The van der Waals surface area contributed by atoms with Crippen LogP contribution in [0.3, 0.4) is 0 Å². The van der Waals surface area contributed by atoms with Gasteiger partial charge in [-0.3, -0.25) is 4.79 Å². The van der Waals surface area contributed by atoms with E-state index in [0.29, 0.717) is 28.1 Å². The number of ether oxygens (including phenoxy) is 1. The number of nitrogens with one attached hydrogen (secondary N) is 2. The van der Waals surface area contributed by atoms with Crippen molar-refractivity contribution in [2.75, 3.05) is 18.5 Å². The van der Waals surface area contributed by atoms with Gasteiger partial charge in [-0.25, -0.2) is 0 Å². The molecule has 1 saturated heterocycles. The summed E-state index contributed by atoms with van der Waals surface area (Å²) in [6, 6.07) is 8.35. The van der Waals surface area contributed by atoms with Gasteiger partial charge in [-0.2, -0.15) is 0 Å². The van der Waals surface area contributed by atoms with Gasteiger partial charge >= 0.3 is 0 Å². The molecule has 1 unspecified atom stereocenters. The van der Waals surface area contributed by atoms with Gasteiger partial charge in [-0.05, 0) is 43.2 Å². The molecule has 24 heavy (non-hydrogen) atoms. The molecule has 1 aliphatic heterocycles. The second-order valence-electron chi connectivity index (χ2n) is 5.43. The second kappa shape index (κ2) is 7.79. The number of hydrogen-bond donors (Lipinski definition) is 2. The van der Waals surface area contributed by atoms with Gasteiger partial charge in [-0.1, -0.05) is 23.2 Å². The molecule has 0 spiro atoms. The number of carbonyl (C=O) groups excluding carboxylic acids is 1. The summed E-state index contributed by atoms with van der Waals surface area (Å²) >= 11 is 11.9. The molecular formula is C16H16Cl2N4O2. The molecule has 0 bridgehead atoms. The van der Waals surface area contributed by atoms with Crippen LogP contribution in [0.25, 0.3) is 0 Å². The summed E-state index contributed by atoms with van der Waals surface area (Å²) in [6.45, 7) is 1.25. The fourth-order valence-corrected chi connectivity index (χ4v) is 2.92. The second-order valence-corrected chi connectivity index (χ2v) is 6.30. The first-order chi connectivity index (χ1) is 11.6. The normalized spacial score (nSPS) is 16.8. The summed E-state index contributed by atoms with van der Waals surface area (Å²) in [5.41, 5.74) is 0.944. The van der Waals surface area contributed by atoms with Crippen LogP contribution >= 0.6 is 23.2 Å². The van der Waals surface area contributed by atoms with E-state index in [0.717, 1.165) is 19.4 Å². The Bertz CT molecular complexity index is 698. The van der Waals surface area contributed by atoms with Crippen LogP contribution in [0.4, 0.5) is 11.5 Å². The molecule has 8 heteroatoms. The highest BCUT2D eigenvalue weighted by atomic mass is 35.5. The van der Waals surface area contributed by atoms with Crippen molar-refractivity contribution in [3.63, 3.8) is 0 Å². The quantitative estimate of drug-likeness (QED) is 0.847. The molecule has 0 saturated carbocycles. The highest BCUT2D eigenvalue weighted by molar-refractivity contribution is 6.35. The van der Waals surface area contributed by atoms with Crippen molar-refractivity contribution in [2.45, 2.75) is 18.9 Å². The van der Waals surface area contributed by atoms with Gasteiger partial charge < -0.3 is 15.4 Å². The maximum atomic E-state index is 12.0. The van der Waals surface area contributed by atoms with Crippen LogP contribution in [-0.2, 0) is 4.74 Å². The number of nitrogens with zero attached hydrogens (tertiary/aromatic N) is 2. The van der Waals surface area contributed by atoms with E-state index in [9.17, 15) is 4.79 Å². The van der Waals surface area contributed by atoms with Gasteiger partial charge in [0.2, 0.25) is 0 Å². The zero-order valence-electron chi connectivity index (χ0n) is 12.8. The monoisotopic (exact) mass is 366 g/mol. The van der Waals surface area contributed by atoms with E-state index in [4.69, 9.17) is 27.9 Å². The number of carbonyl (C=O) groups is 1. The Balaban J connectivity index is 1.59. The average molecular weight is 367 g/mol. The van der Waals surface area contributed by atoms with E-state index in [1.807, 2.05) is 0 Å². The molecule has 126 valence electrons. The van der Waals surface area contributed by atoms with Crippen LogP contribution in [0.15, 0.2) is 30.3 Å². The van der Waals surface area contributed by atoms with Crippen LogP contribution in [0, 0.1) is 0 Å². The number of rotatable bonds is 5. The lowest BCUT2D eigenvalue weighted by atomic mass is 10.2. The van der Waals surface area contributed by atoms with Crippen molar-refractivity contribution in [3.05, 3.63) is 46.1 Å². The van der Waals surface area contributed by atoms with E-state index in [2.05, 4.69) is 20.8 Å². The van der Waals surface area contributed by atoms with Gasteiger partial charge in [0, 0.05) is 28.9 Å². The Morgan fingerprint density at radius 2 is 2.00 bits per heavy atom. The van der Waals surface area contributed by atoms with Crippen LogP contribution in [0.1, 0.15) is 23.3 Å². The fraction of sp³-hybridized carbons (Fsp3) is 0.312. The third-order valence-corrected chi connectivity index (χ3v) is 3.98. The molecule has 2 N–H and O–H groups in total. The molecule has 1 aliphatic rings. The molecule has 2 aromatic rings. The number of aromatic nitrogens is 2. The minimum Gasteiger partial charge on any atom is -0.376 e. The molecule has 3 rings (SSSR count). The predicted octanol–water partition coefficient (Wildman–Crippen LogP) is 3.44. The number of hydrogen-bond acceptors (Lipinski definition) is 5. The first kappa shape index (κ1) is 17.0. The summed E-state index contributed by atoms with van der Waals surface area (Å²) in [6.07, 6.45) is 2.10. The number of amides is 1. The van der Waals surface area contributed by atoms with Crippen molar-refractivity contribution in [3.8, 4) is 0 Å². The van der Waals surface area contributed by atoms with Crippen LogP contribution in [-0.4, -0.2) is 35.4 Å². The summed E-state index contributed by atoms with van der Waals surface area (Å²) in [5.74, 6) is 0.222. The molecule has 6 nitrogen and oxygen atoms in total. The Hall–Kier alpha value is -1.89. The largest absolute Gasteiger partial charge is 0.376 e. The third kappa shape index (κ3) is 4.56. The third-order valence-electron chi connectivity index (χ3n) is 3.55. The van der Waals surface area contributed by atoms with Crippen molar-refractivity contribution < 1.29 is 9.53 Å². The molecule has 1 aromatic heterocycles. The van der Waals surface area contributed by atoms with Crippen molar-refractivity contribution in [2.24, 2.45) is 0 Å². The first-order valence-corrected chi connectivity index (χ1v) is 8.32. The molecular weight excluding hydrogens is 351 g/mol. The Morgan fingerprint density at radius 3 is 2.62 bits per heavy atom. The smallest absolute Gasteiger partial charge is 0.271 e. The first-order valence-electron chi connectivity index (χ1n) is 7.57. The van der Waals surface area contributed by atoms with Crippen molar-refractivity contribution in [1.82, 2.24) is 15.5 Å². The predicted molar refractivity (Wildman–Crippen MR) is 93.1 cm³/mol. The van der Waals surface area contributed by atoms with E-state index >= 15 is 0 Å². The van der Waals surface area contributed by atoms with Crippen molar-refractivity contribution in [1.29, 1.82) is 0 Å². The van der Waals surface area contributed by atoms with Crippen LogP contribution in [0.5, 0.6) is 0 Å². The molecule has 1 amide bonds. The lowest BCUT2D eigenvalue weighted by Gasteiger charge is -2.10. The number of benzene rings is 1. The minimum absolute atomic E-state index is 0.0930. The Labute approximate surface area is 149 Å². The average Bonchev–Trinajstić information content (AvgIpc) is 3.06. The van der Waals surface area contributed by atoms with Crippen LogP contribution < -0.4 is 10.6 Å². The SMILES string of the molecule is O=C(NCC1CCCO1)c1ccc(Nc2cc(Cl)cc(Cl)c2)nn1. The summed E-state index contributed by atoms with van der Waals surface area (Å²) in [5, 5.41) is 14.8. The van der Waals surface area contributed by atoms with Gasteiger partial charge in [0.1, 0.15) is 0 Å². The Kier molecular flexibility index (Phi) is 5.50. The van der Waals surface area contributed by atoms with Crippen molar-refractivity contribution >= 4 is 40.6 Å². The number of anilines is 2. The maximum absolute atomic E-state index is 12.0. The van der Waals surface area contributed by atoms with Gasteiger partial charge in [0.05, 0.1) is 6.10 Å². The molecule has 1 aromatic carbocycles. The fourth-order valence-electron chi connectivity index (χ4n) is 2.40. The minimum atomic E-state index is -0.268.